The Hall–Kier alpha value is -1.91. The molecule has 1 aromatic heterocycles. The Labute approximate surface area is 164 Å². The standard InChI is InChI=1S/C22H37N3O2/c1-23-21(26)17-12-10-8-6-4-2-3-5-7-9-11-13-18-22(27)25-20-16-14-15-19-24-20/h14-16,19H,2-13,17-18H2,1H3,(H,23,26)(H,24,25,27). The van der Waals surface area contributed by atoms with E-state index in [2.05, 4.69) is 15.6 Å². The van der Waals surface area contributed by atoms with Crippen LogP contribution in [0.15, 0.2) is 24.4 Å². The maximum Gasteiger partial charge on any atom is 0.225 e. The zero-order valence-electron chi connectivity index (χ0n) is 17.0. The number of amides is 2. The van der Waals surface area contributed by atoms with Gasteiger partial charge in [-0.2, -0.15) is 0 Å². The predicted octanol–water partition coefficient (Wildman–Crippen LogP) is 5.23. The van der Waals surface area contributed by atoms with Crippen LogP contribution in [0.1, 0.15) is 89.9 Å². The summed E-state index contributed by atoms with van der Waals surface area (Å²) < 4.78 is 0. The van der Waals surface area contributed by atoms with E-state index in [0.29, 0.717) is 18.7 Å². The van der Waals surface area contributed by atoms with Crippen molar-refractivity contribution in [1.82, 2.24) is 10.3 Å². The summed E-state index contributed by atoms with van der Waals surface area (Å²) >= 11 is 0. The summed E-state index contributed by atoms with van der Waals surface area (Å²) in [6.07, 6.45) is 17.5. The van der Waals surface area contributed by atoms with Crippen LogP contribution in [0.25, 0.3) is 0 Å². The van der Waals surface area contributed by atoms with Crippen molar-refractivity contribution in [2.24, 2.45) is 0 Å². The molecule has 5 heteroatoms. The summed E-state index contributed by atoms with van der Waals surface area (Å²) in [5, 5.41) is 5.49. The quantitative estimate of drug-likeness (QED) is 0.389. The van der Waals surface area contributed by atoms with Crippen molar-refractivity contribution in [3.63, 3.8) is 0 Å². The average molecular weight is 376 g/mol. The van der Waals surface area contributed by atoms with Crippen LogP contribution in [-0.4, -0.2) is 23.8 Å². The number of rotatable bonds is 16. The van der Waals surface area contributed by atoms with Crippen LogP contribution in [0.3, 0.4) is 0 Å². The zero-order valence-corrected chi connectivity index (χ0v) is 17.0. The van der Waals surface area contributed by atoms with Crippen LogP contribution in [0.2, 0.25) is 0 Å². The normalized spacial score (nSPS) is 10.6. The summed E-state index contributed by atoms with van der Waals surface area (Å²) in [5.41, 5.74) is 0. The lowest BCUT2D eigenvalue weighted by atomic mass is 10.0. The van der Waals surface area contributed by atoms with E-state index >= 15 is 0 Å². The first-order valence-corrected chi connectivity index (χ1v) is 10.6. The maximum atomic E-state index is 11.8. The van der Waals surface area contributed by atoms with E-state index in [1.54, 1.807) is 13.2 Å². The fourth-order valence-electron chi connectivity index (χ4n) is 3.11. The molecule has 0 aromatic carbocycles. The summed E-state index contributed by atoms with van der Waals surface area (Å²) in [6.45, 7) is 0. The molecule has 0 atom stereocenters. The molecule has 0 unspecified atom stereocenters. The SMILES string of the molecule is CNC(=O)CCCCCCCCCCCCCCC(=O)Nc1ccccn1. The first kappa shape index (κ1) is 23.1. The molecular formula is C22H37N3O2. The molecule has 0 saturated heterocycles. The largest absolute Gasteiger partial charge is 0.359 e. The average Bonchev–Trinajstić information content (AvgIpc) is 2.68. The molecule has 2 amide bonds. The number of carbonyl (C=O) groups excluding carboxylic acids is 2. The number of aromatic nitrogens is 1. The third-order valence-corrected chi connectivity index (χ3v) is 4.77. The van der Waals surface area contributed by atoms with Gasteiger partial charge in [0, 0.05) is 26.1 Å². The van der Waals surface area contributed by atoms with Crippen molar-refractivity contribution < 1.29 is 9.59 Å². The lowest BCUT2D eigenvalue weighted by molar-refractivity contribution is -0.120. The van der Waals surface area contributed by atoms with Crippen LogP contribution in [0.4, 0.5) is 5.82 Å². The predicted molar refractivity (Wildman–Crippen MR) is 112 cm³/mol. The Balaban J connectivity index is 1.79. The lowest BCUT2D eigenvalue weighted by Gasteiger charge is -2.05. The monoisotopic (exact) mass is 375 g/mol. The molecule has 0 aliphatic carbocycles. The number of hydrogen-bond donors (Lipinski definition) is 2. The topological polar surface area (TPSA) is 71.1 Å². The minimum absolute atomic E-state index is 0.0593. The number of pyridine rings is 1. The van der Waals surface area contributed by atoms with Gasteiger partial charge in [0.15, 0.2) is 0 Å². The molecule has 152 valence electrons. The summed E-state index contributed by atoms with van der Waals surface area (Å²) in [7, 11) is 1.70. The minimum Gasteiger partial charge on any atom is -0.359 e. The van der Waals surface area contributed by atoms with Crippen molar-refractivity contribution in [1.29, 1.82) is 0 Å². The van der Waals surface area contributed by atoms with E-state index < -0.39 is 0 Å². The Bertz CT molecular complexity index is 506. The molecule has 2 N–H and O–H groups in total. The Kier molecular flexibility index (Phi) is 13.9. The highest BCUT2D eigenvalue weighted by Crippen LogP contribution is 2.13. The highest BCUT2D eigenvalue weighted by Gasteiger charge is 2.02. The highest BCUT2D eigenvalue weighted by atomic mass is 16.2. The molecule has 0 aliphatic rings. The van der Waals surface area contributed by atoms with Crippen molar-refractivity contribution in [2.75, 3.05) is 12.4 Å². The minimum atomic E-state index is 0.0593. The van der Waals surface area contributed by atoms with Gasteiger partial charge in [-0.1, -0.05) is 70.3 Å². The molecule has 0 aliphatic heterocycles. The first-order chi connectivity index (χ1) is 13.2. The second-order valence-electron chi connectivity index (χ2n) is 7.18. The van der Waals surface area contributed by atoms with Gasteiger partial charge in [-0.05, 0) is 25.0 Å². The number of nitrogens with zero attached hydrogens (tertiary/aromatic N) is 1. The number of unbranched alkanes of at least 4 members (excludes halogenated alkanes) is 11. The van der Waals surface area contributed by atoms with Crippen LogP contribution in [0, 0.1) is 0 Å². The molecule has 0 radical (unpaired) electrons. The van der Waals surface area contributed by atoms with Crippen molar-refractivity contribution in [2.45, 2.75) is 89.9 Å². The Morgan fingerprint density at radius 2 is 1.22 bits per heavy atom. The van der Waals surface area contributed by atoms with Crippen molar-refractivity contribution in [3.8, 4) is 0 Å². The van der Waals surface area contributed by atoms with E-state index in [0.717, 1.165) is 19.3 Å². The smallest absolute Gasteiger partial charge is 0.225 e. The van der Waals surface area contributed by atoms with Crippen molar-refractivity contribution in [3.05, 3.63) is 24.4 Å². The summed E-state index contributed by atoms with van der Waals surface area (Å²) in [6, 6.07) is 5.52. The molecule has 1 aromatic rings. The van der Waals surface area contributed by atoms with Gasteiger partial charge in [0.05, 0.1) is 0 Å². The molecule has 1 heterocycles. The van der Waals surface area contributed by atoms with Gasteiger partial charge >= 0.3 is 0 Å². The van der Waals surface area contributed by atoms with Crippen molar-refractivity contribution >= 4 is 17.6 Å². The second kappa shape index (κ2) is 16.3. The van der Waals surface area contributed by atoms with Gasteiger partial charge in [0.1, 0.15) is 5.82 Å². The first-order valence-electron chi connectivity index (χ1n) is 10.6. The van der Waals surface area contributed by atoms with E-state index in [1.165, 1.54) is 57.8 Å². The number of carbonyl (C=O) groups is 2. The summed E-state index contributed by atoms with van der Waals surface area (Å²) in [5.74, 6) is 0.849. The van der Waals surface area contributed by atoms with Crippen LogP contribution < -0.4 is 10.6 Å². The second-order valence-corrected chi connectivity index (χ2v) is 7.18. The molecule has 27 heavy (non-hydrogen) atoms. The van der Waals surface area contributed by atoms with E-state index in [-0.39, 0.29) is 11.8 Å². The fraction of sp³-hybridized carbons (Fsp3) is 0.682. The lowest BCUT2D eigenvalue weighted by Crippen LogP contribution is -2.16. The van der Waals surface area contributed by atoms with E-state index in [4.69, 9.17) is 0 Å². The van der Waals surface area contributed by atoms with Gasteiger partial charge in [-0.3, -0.25) is 9.59 Å². The van der Waals surface area contributed by atoms with Gasteiger partial charge in [0.2, 0.25) is 11.8 Å². The molecular weight excluding hydrogens is 338 g/mol. The molecule has 0 fully saturated rings. The van der Waals surface area contributed by atoms with Gasteiger partial charge in [-0.25, -0.2) is 4.98 Å². The zero-order chi connectivity index (χ0) is 19.6. The van der Waals surface area contributed by atoms with Crippen LogP contribution >= 0.6 is 0 Å². The van der Waals surface area contributed by atoms with E-state index in [9.17, 15) is 9.59 Å². The van der Waals surface area contributed by atoms with Gasteiger partial charge in [0.25, 0.3) is 0 Å². The van der Waals surface area contributed by atoms with Crippen LogP contribution in [0.5, 0.6) is 0 Å². The van der Waals surface area contributed by atoms with Crippen LogP contribution in [-0.2, 0) is 9.59 Å². The number of anilines is 1. The third kappa shape index (κ3) is 13.9. The highest BCUT2D eigenvalue weighted by molar-refractivity contribution is 5.89. The molecule has 0 bridgehead atoms. The molecule has 1 rings (SSSR count). The molecule has 0 saturated carbocycles. The molecule has 5 nitrogen and oxygen atoms in total. The van der Waals surface area contributed by atoms with Gasteiger partial charge in [-0.15, -0.1) is 0 Å². The summed E-state index contributed by atoms with van der Waals surface area (Å²) in [4.78, 5) is 27.0. The Morgan fingerprint density at radius 3 is 1.67 bits per heavy atom. The molecule has 0 spiro atoms. The third-order valence-electron chi connectivity index (χ3n) is 4.77. The Morgan fingerprint density at radius 1 is 0.741 bits per heavy atom. The number of nitrogens with one attached hydrogen (secondary N) is 2. The maximum absolute atomic E-state index is 11.8. The van der Waals surface area contributed by atoms with E-state index in [1.807, 2.05) is 18.2 Å². The number of hydrogen-bond acceptors (Lipinski definition) is 3. The van der Waals surface area contributed by atoms with Gasteiger partial charge < -0.3 is 10.6 Å². The fourth-order valence-corrected chi connectivity index (χ4v) is 3.11.